The van der Waals surface area contributed by atoms with E-state index in [1.165, 1.54) is 0 Å². The Morgan fingerprint density at radius 1 is 1.14 bits per heavy atom. The largest absolute Gasteiger partial charge is 0.478 e. The Balaban J connectivity index is 2.36. The van der Waals surface area contributed by atoms with E-state index in [2.05, 4.69) is 5.32 Å². The highest BCUT2D eigenvalue weighted by molar-refractivity contribution is 5.91. The average molecular weight is 313 g/mol. The SMILES string of the molecule is O=C(O)c1cc(NC2(C(F)(F)F)CC2)ccc1C(F)(F)F. The molecule has 1 aromatic carbocycles. The first kappa shape index (κ1) is 15.5. The summed E-state index contributed by atoms with van der Waals surface area (Å²) in [7, 11) is 0. The molecule has 2 rings (SSSR count). The van der Waals surface area contributed by atoms with Crippen LogP contribution in [0.25, 0.3) is 0 Å². The van der Waals surface area contributed by atoms with Gasteiger partial charge in [-0.25, -0.2) is 4.79 Å². The molecule has 2 N–H and O–H groups in total. The lowest BCUT2D eigenvalue weighted by atomic mass is 10.1. The van der Waals surface area contributed by atoms with Crippen LogP contribution in [0.3, 0.4) is 0 Å². The van der Waals surface area contributed by atoms with Crippen LogP contribution in [-0.4, -0.2) is 22.8 Å². The average Bonchev–Trinajstić information content (AvgIpc) is 3.07. The number of anilines is 1. The molecule has 0 saturated heterocycles. The highest BCUT2D eigenvalue weighted by Crippen LogP contribution is 2.51. The number of hydrogen-bond donors (Lipinski definition) is 2. The van der Waals surface area contributed by atoms with E-state index in [-0.39, 0.29) is 18.5 Å². The van der Waals surface area contributed by atoms with E-state index < -0.39 is 35.0 Å². The summed E-state index contributed by atoms with van der Waals surface area (Å²) >= 11 is 0. The van der Waals surface area contributed by atoms with Crippen molar-refractivity contribution in [2.75, 3.05) is 5.32 Å². The third-order valence-electron chi connectivity index (χ3n) is 3.23. The molecule has 0 aliphatic heterocycles. The molecule has 0 unspecified atom stereocenters. The molecule has 0 atom stereocenters. The minimum atomic E-state index is -4.90. The second-order valence-electron chi connectivity index (χ2n) is 4.77. The van der Waals surface area contributed by atoms with Gasteiger partial charge in [0.25, 0.3) is 0 Å². The molecule has 1 aliphatic carbocycles. The normalized spacial score (nSPS) is 17.4. The van der Waals surface area contributed by atoms with Crippen LogP contribution < -0.4 is 5.32 Å². The zero-order chi connectivity index (χ0) is 16.1. The van der Waals surface area contributed by atoms with Gasteiger partial charge in [-0.2, -0.15) is 26.3 Å². The van der Waals surface area contributed by atoms with E-state index in [9.17, 15) is 31.1 Å². The van der Waals surface area contributed by atoms with Gasteiger partial charge in [0.1, 0.15) is 5.54 Å². The first-order valence-corrected chi connectivity index (χ1v) is 5.76. The molecule has 21 heavy (non-hydrogen) atoms. The van der Waals surface area contributed by atoms with Crippen LogP contribution in [0, 0.1) is 0 Å². The third kappa shape index (κ3) is 2.91. The lowest BCUT2D eigenvalue weighted by Gasteiger charge is -2.22. The lowest BCUT2D eigenvalue weighted by molar-refractivity contribution is -0.151. The number of carbonyl (C=O) groups is 1. The molecule has 0 amide bonds. The summed E-state index contributed by atoms with van der Waals surface area (Å²) < 4.78 is 76.1. The molecule has 3 nitrogen and oxygen atoms in total. The Labute approximate surface area is 114 Å². The number of benzene rings is 1. The minimum absolute atomic E-state index is 0.208. The molecule has 116 valence electrons. The molecule has 0 bridgehead atoms. The van der Waals surface area contributed by atoms with Crippen molar-refractivity contribution in [2.45, 2.75) is 30.7 Å². The van der Waals surface area contributed by atoms with Crippen molar-refractivity contribution >= 4 is 11.7 Å². The fraction of sp³-hybridized carbons (Fsp3) is 0.417. The van der Waals surface area contributed by atoms with Crippen LogP contribution >= 0.6 is 0 Å². The predicted octanol–water partition coefficient (Wildman–Crippen LogP) is 3.91. The third-order valence-corrected chi connectivity index (χ3v) is 3.23. The summed E-state index contributed by atoms with van der Waals surface area (Å²) in [5.41, 5.74) is -4.99. The molecular formula is C12H9F6NO2. The Morgan fingerprint density at radius 2 is 1.71 bits per heavy atom. The first-order chi connectivity index (χ1) is 9.46. The van der Waals surface area contributed by atoms with E-state index >= 15 is 0 Å². The number of rotatable bonds is 3. The molecule has 1 aromatic rings. The molecule has 0 aromatic heterocycles. The maximum atomic E-state index is 12.8. The Morgan fingerprint density at radius 3 is 2.10 bits per heavy atom. The topological polar surface area (TPSA) is 49.3 Å². The van der Waals surface area contributed by atoms with Crippen molar-refractivity contribution in [3.05, 3.63) is 29.3 Å². The molecule has 0 spiro atoms. The van der Waals surface area contributed by atoms with Gasteiger partial charge in [0.2, 0.25) is 0 Å². The minimum Gasteiger partial charge on any atom is -0.478 e. The van der Waals surface area contributed by atoms with Crippen molar-refractivity contribution in [3.8, 4) is 0 Å². The fourth-order valence-electron chi connectivity index (χ4n) is 1.93. The van der Waals surface area contributed by atoms with Gasteiger partial charge in [0.15, 0.2) is 0 Å². The standard InChI is InChI=1S/C12H9F6NO2/c13-11(14,15)8-2-1-6(5-7(8)9(20)21)19-10(3-4-10)12(16,17)18/h1-2,5,19H,3-4H2,(H,20,21). The number of carboxylic acids is 1. The summed E-state index contributed by atoms with van der Waals surface area (Å²) in [6.07, 6.45) is -9.87. The van der Waals surface area contributed by atoms with Gasteiger partial charge in [0, 0.05) is 5.69 Å². The predicted molar refractivity (Wildman–Crippen MR) is 60.0 cm³/mol. The van der Waals surface area contributed by atoms with Crippen molar-refractivity contribution in [2.24, 2.45) is 0 Å². The smallest absolute Gasteiger partial charge is 0.417 e. The number of carboxylic acid groups (broad SMARTS) is 1. The Hall–Kier alpha value is -1.93. The molecule has 1 aliphatic rings. The molecular weight excluding hydrogens is 304 g/mol. The van der Waals surface area contributed by atoms with Crippen LogP contribution in [0.1, 0.15) is 28.8 Å². The number of hydrogen-bond acceptors (Lipinski definition) is 2. The van der Waals surface area contributed by atoms with Crippen molar-refractivity contribution in [1.82, 2.24) is 0 Å². The zero-order valence-corrected chi connectivity index (χ0v) is 10.3. The van der Waals surface area contributed by atoms with Gasteiger partial charge in [0.05, 0.1) is 11.1 Å². The van der Waals surface area contributed by atoms with Crippen LogP contribution in [0.2, 0.25) is 0 Å². The van der Waals surface area contributed by atoms with Gasteiger partial charge in [-0.1, -0.05) is 0 Å². The van der Waals surface area contributed by atoms with Crippen LogP contribution in [0.5, 0.6) is 0 Å². The highest BCUT2D eigenvalue weighted by Gasteiger charge is 2.63. The summed E-state index contributed by atoms with van der Waals surface area (Å²) in [5.74, 6) is -1.86. The zero-order valence-electron chi connectivity index (χ0n) is 10.3. The van der Waals surface area contributed by atoms with E-state index in [0.29, 0.717) is 12.1 Å². The maximum Gasteiger partial charge on any atom is 0.417 e. The molecule has 0 radical (unpaired) electrons. The summed E-state index contributed by atoms with van der Waals surface area (Å²) in [4.78, 5) is 10.8. The van der Waals surface area contributed by atoms with E-state index in [1.54, 1.807) is 0 Å². The van der Waals surface area contributed by atoms with E-state index in [4.69, 9.17) is 5.11 Å². The van der Waals surface area contributed by atoms with Gasteiger partial charge in [-0.05, 0) is 31.0 Å². The molecule has 1 saturated carbocycles. The molecule has 1 fully saturated rings. The quantitative estimate of drug-likeness (QED) is 0.832. The number of nitrogens with one attached hydrogen (secondary N) is 1. The van der Waals surface area contributed by atoms with Crippen molar-refractivity contribution in [3.63, 3.8) is 0 Å². The van der Waals surface area contributed by atoms with E-state index in [0.717, 1.165) is 6.07 Å². The van der Waals surface area contributed by atoms with Crippen LogP contribution in [-0.2, 0) is 6.18 Å². The number of aromatic carboxylic acids is 1. The second kappa shape index (κ2) is 4.54. The lowest BCUT2D eigenvalue weighted by Crippen LogP contribution is -2.38. The van der Waals surface area contributed by atoms with Gasteiger partial charge >= 0.3 is 18.3 Å². The number of halogens is 6. The number of alkyl halides is 6. The molecule has 0 heterocycles. The maximum absolute atomic E-state index is 12.8. The van der Waals surface area contributed by atoms with E-state index in [1.807, 2.05) is 0 Å². The van der Waals surface area contributed by atoms with Gasteiger partial charge in [-0.3, -0.25) is 0 Å². The van der Waals surface area contributed by atoms with Crippen molar-refractivity contribution < 1.29 is 36.2 Å². The Kier molecular flexibility index (Phi) is 3.34. The monoisotopic (exact) mass is 313 g/mol. The summed E-state index contributed by atoms with van der Waals surface area (Å²) in [6, 6.07) is 1.82. The van der Waals surface area contributed by atoms with Crippen molar-refractivity contribution in [1.29, 1.82) is 0 Å². The summed E-state index contributed by atoms with van der Waals surface area (Å²) in [6.45, 7) is 0. The second-order valence-corrected chi connectivity index (χ2v) is 4.77. The van der Waals surface area contributed by atoms with Crippen LogP contribution in [0.4, 0.5) is 32.0 Å². The molecule has 9 heteroatoms. The fourth-order valence-corrected chi connectivity index (χ4v) is 1.93. The van der Waals surface area contributed by atoms with Crippen LogP contribution in [0.15, 0.2) is 18.2 Å². The first-order valence-electron chi connectivity index (χ1n) is 5.76. The van der Waals surface area contributed by atoms with Gasteiger partial charge in [-0.15, -0.1) is 0 Å². The summed E-state index contributed by atoms with van der Waals surface area (Å²) in [5, 5.41) is 10.9. The van der Waals surface area contributed by atoms with Gasteiger partial charge < -0.3 is 10.4 Å². The Bertz CT molecular complexity index is 574. The highest BCUT2D eigenvalue weighted by atomic mass is 19.4.